The van der Waals surface area contributed by atoms with Crippen molar-refractivity contribution >= 4 is 21.6 Å². The molecule has 7 heteroatoms. The second-order valence-electron chi connectivity index (χ2n) is 6.02. The molecule has 0 atom stereocenters. The summed E-state index contributed by atoms with van der Waals surface area (Å²) in [5, 5.41) is 2.81. The molecule has 0 radical (unpaired) electrons. The lowest BCUT2D eigenvalue weighted by Gasteiger charge is -2.09. The smallest absolute Gasteiger partial charge is 0.255 e. The van der Waals surface area contributed by atoms with Gasteiger partial charge in [-0.25, -0.2) is 13.1 Å². The molecule has 2 aromatic carbocycles. The van der Waals surface area contributed by atoms with Crippen LogP contribution in [0.2, 0.25) is 0 Å². The third-order valence-corrected chi connectivity index (χ3v) is 5.49. The van der Waals surface area contributed by atoms with E-state index in [1.54, 1.807) is 7.11 Å². The lowest BCUT2D eigenvalue weighted by atomic mass is 10.1. The van der Waals surface area contributed by atoms with Crippen LogP contribution in [0.15, 0.2) is 47.4 Å². The second kappa shape index (κ2) is 8.93. The average molecular weight is 376 g/mol. The summed E-state index contributed by atoms with van der Waals surface area (Å²) in [6, 6.07) is 11.5. The van der Waals surface area contributed by atoms with E-state index in [4.69, 9.17) is 4.74 Å². The normalized spacial score (nSPS) is 11.3. The van der Waals surface area contributed by atoms with Crippen molar-refractivity contribution in [2.75, 3.05) is 25.6 Å². The molecular weight excluding hydrogens is 352 g/mol. The van der Waals surface area contributed by atoms with Crippen LogP contribution in [-0.4, -0.2) is 34.6 Å². The molecule has 0 aromatic heterocycles. The van der Waals surface area contributed by atoms with Crippen LogP contribution in [0.5, 0.6) is 0 Å². The van der Waals surface area contributed by atoms with Crippen molar-refractivity contribution in [2.45, 2.75) is 25.2 Å². The molecule has 0 unspecified atom stereocenters. The quantitative estimate of drug-likeness (QED) is 0.694. The maximum Gasteiger partial charge on any atom is 0.255 e. The standard InChI is InChI=1S/C19H24N2O4S/c1-14-5-8-17(13-15(14)2)21-19(22)16-6-9-18(10-7-16)26(23,24)20-11-4-12-25-3/h5-10,13,20H,4,11-12H2,1-3H3,(H,21,22). The number of benzene rings is 2. The molecule has 2 aromatic rings. The highest BCUT2D eigenvalue weighted by Crippen LogP contribution is 2.16. The van der Waals surface area contributed by atoms with E-state index in [0.29, 0.717) is 30.8 Å². The van der Waals surface area contributed by atoms with E-state index < -0.39 is 10.0 Å². The van der Waals surface area contributed by atoms with Crippen molar-refractivity contribution in [3.63, 3.8) is 0 Å². The molecule has 0 fully saturated rings. The maximum absolute atomic E-state index is 12.3. The zero-order valence-corrected chi connectivity index (χ0v) is 16.0. The summed E-state index contributed by atoms with van der Waals surface area (Å²) in [6.45, 7) is 4.76. The van der Waals surface area contributed by atoms with Gasteiger partial charge in [0.1, 0.15) is 0 Å². The van der Waals surface area contributed by atoms with Gasteiger partial charge in [-0.2, -0.15) is 0 Å². The van der Waals surface area contributed by atoms with E-state index in [-0.39, 0.29) is 10.8 Å². The number of carbonyl (C=O) groups excluding carboxylic acids is 1. The Balaban J connectivity index is 2.03. The summed E-state index contributed by atoms with van der Waals surface area (Å²) in [6.07, 6.45) is 0.589. The molecule has 0 heterocycles. The number of hydrogen-bond donors (Lipinski definition) is 2. The molecular formula is C19H24N2O4S. The number of ether oxygens (including phenoxy) is 1. The minimum Gasteiger partial charge on any atom is -0.385 e. The van der Waals surface area contributed by atoms with Crippen LogP contribution in [0.4, 0.5) is 5.69 Å². The Labute approximate surface area is 154 Å². The van der Waals surface area contributed by atoms with E-state index in [9.17, 15) is 13.2 Å². The number of rotatable bonds is 8. The summed E-state index contributed by atoms with van der Waals surface area (Å²) in [7, 11) is -2.02. The minimum absolute atomic E-state index is 0.123. The summed E-state index contributed by atoms with van der Waals surface area (Å²) in [4.78, 5) is 12.4. The molecule has 26 heavy (non-hydrogen) atoms. The predicted molar refractivity (Wildman–Crippen MR) is 102 cm³/mol. The topological polar surface area (TPSA) is 84.5 Å². The van der Waals surface area contributed by atoms with Crippen LogP contribution >= 0.6 is 0 Å². The summed E-state index contributed by atoms with van der Waals surface area (Å²) >= 11 is 0. The third kappa shape index (κ3) is 5.39. The van der Waals surface area contributed by atoms with Gasteiger partial charge >= 0.3 is 0 Å². The highest BCUT2D eigenvalue weighted by Gasteiger charge is 2.14. The second-order valence-corrected chi connectivity index (χ2v) is 7.79. The van der Waals surface area contributed by atoms with Gasteiger partial charge < -0.3 is 10.1 Å². The Morgan fingerprint density at radius 3 is 2.35 bits per heavy atom. The minimum atomic E-state index is -3.59. The van der Waals surface area contributed by atoms with Crippen molar-refractivity contribution < 1.29 is 17.9 Å². The molecule has 140 valence electrons. The van der Waals surface area contributed by atoms with Crippen molar-refractivity contribution in [3.8, 4) is 0 Å². The molecule has 2 rings (SSSR count). The predicted octanol–water partition coefficient (Wildman–Crippen LogP) is 2.87. The zero-order valence-electron chi connectivity index (χ0n) is 15.2. The fourth-order valence-corrected chi connectivity index (χ4v) is 3.39. The Kier molecular flexibility index (Phi) is 6.90. The van der Waals surface area contributed by atoms with Crippen LogP contribution in [0.25, 0.3) is 0 Å². The Morgan fingerprint density at radius 2 is 1.73 bits per heavy atom. The highest BCUT2D eigenvalue weighted by molar-refractivity contribution is 7.89. The van der Waals surface area contributed by atoms with Gasteiger partial charge in [0.2, 0.25) is 10.0 Å². The van der Waals surface area contributed by atoms with Crippen LogP contribution in [0.1, 0.15) is 27.9 Å². The fraction of sp³-hybridized carbons (Fsp3) is 0.316. The van der Waals surface area contributed by atoms with Crippen molar-refractivity contribution in [3.05, 3.63) is 59.2 Å². The van der Waals surface area contributed by atoms with Crippen LogP contribution in [0, 0.1) is 13.8 Å². The van der Waals surface area contributed by atoms with Gasteiger partial charge in [0.05, 0.1) is 4.90 Å². The number of hydrogen-bond acceptors (Lipinski definition) is 4. The first-order valence-corrected chi connectivity index (χ1v) is 9.79. The molecule has 0 saturated carbocycles. The molecule has 0 aliphatic rings. The van der Waals surface area contributed by atoms with E-state index in [1.165, 1.54) is 24.3 Å². The van der Waals surface area contributed by atoms with Gasteiger partial charge in [-0.3, -0.25) is 4.79 Å². The van der Waals surface area contributed by atoms with Gasteiger partial charge in [-0.1, -0.05) is 6.07 Å². The Hall–Kier alpha value is -2.22. The van der Waals surface area contributed by atoms with Gasteiger partial charge in [-0.05, 0) is 67.8 Å². The molecule has 0 saturated heterocycles. The molecule has 6 nitrogen and oxygen atoms in total. The van der Waals surface area contributed by atoms with E-state index in [0.717, 1.165) is 11.1 Å². The van der Waals surface area contributed by atoms with Crippen molar-refractivity contribution in [2.24, 2.45) is 0 Å². The molecule has 0 aliphatic carbocycles. The number of anilines is 1. The lowest BCUT2D eigenvalue weighted by molar-refractivity contribution is 0.102. The van der Waals surface area contributed by atoms with Crippen LogP contribution in [0.3, 0.4) is 0 Å². The van der Waals surface area contributed by atoms with E-state index in [2.05, 4.69) is 10.0 Å². The molecule has 0 aliphatic heterocycles. The van der Waals surface area contributed by atoms with E-state index >= 15 is 0 Å². The number of amides is 1. The van der Waals surface area contributed by atoms with Gasteiger partial charge in [0.25, 0.3) is 5.91 Å². The summed E-state index contributed by atoms with van der Waals surface area (Å²) in [5.41, 5.74) is 3.33. The first-order valence-electron chi connectivity index (χ1n) is 8.31. The van der Waals surface area contributed by atoms with E-state index in [1.807, 2.05) is 32.0 Å². The molecule has 0 bridgehead atoms. The third-order valence-electron chi connectivity index (χ3n) is 4.01. The van der Waals surface area contributed by atoms with Crippen LogP contribution < -0.4 is 10.0 Å². The summed E-state index contributed by atoms with van der Waals surface area (Å²) in [5.74, 6) is -0.287. The van der Waals surface area contributed by atoms with Crippen LogP contribution in [-0.2, 0) is 14.8 Å². The highest BCUT2D eigenvalue weighted by atomic mass is 32.2. The molecule has 0 spiro atoms. The first kappa shape index (κ1) is 20.1. The largest absolute Gasteiger partial charge is 0.385 e. The monoisotopic (exact) mass is 376 g/mol. The first-order chi connectivity index (χ1) is 12.3. The fourth-order valence-electron chi connectivity index (χ4n) is 2.31. The van der Waals surface area contributed by atoms with Gasteiger partial charge in [0, 0.05) is 31.5 Å². The average Bonchev–Trinajstić information content (AvgIpc) is 2.62. The number of methoxy groups -OCH3 is 1. The zero-order chi connectivity index (χ0) is 19.2. The summed E-state index contributed by atoms with van der Waals surface area (Å²) < 4.78 is 31.8. The van der Waals surface area contributed by atoms with Gasteiger partial charge in [-0.15, -0.1) is 0 Å². The number of sulfonamides is 1. The van der Waals surface area contributed by atoms with Crippen molar-refractivity contribution in [1.29, 1.82) is 0 Å². The Bertz CT molecular complexity index is 862. The van der Waals surface area contributed by atoms with Gasteiger partial charge in [0.15, 0.2) is 0 Å². The lowest BCUT2D eigenvalue weighted by Crippen LogP contribution is -2.25. The SMILES string of the molecule is COCCCNS(=O)(=O)c1ccc(C(=O)Nc2ccc(C)c(C)c2)cc1. The number of aryl methyl sites for hydroxylation is 2. The molecule has 2 N–H and O–H groups in total. The number of carbonyl (C=O) groups is 1. The number of nitrogens with one attached hydrogen (secondary N) is 2. The Morgan fingerprint density at radius 1 is 1.04 bits per heavy atom. The van der Waals surface area contributed by atoms with Crippen molar-refractivity contribution in [1.82, 2.24) is 4.72 Å². The molecule has 1 amide bonds. The maximum atomic E-state index is 12.3.